The molecule has 9 atom stereocenters. The van der Waals surface area contributed by atoms with E-state index in [1.54, 1.807) is 0 Å². The van der Waals surface area contributed by atoms with Gasteiger partial charge >= 0.3 is 5.97 Å². The molecule has 0 aromatic rings. The van der Waals surface area contributed by atoms with Gasteiger partial charge < -0.3 is 54.7 Å². The lowest BCUT2D eigenvalue weighted by atomic mass is 9.99. The van der Waals surface area contributed by atoms with Gasteiger partial charge in [-0.3, -0.25) is 4.79 Å². The fraction of sp³-hybridized carbons (Fsp3) is 0.964. The summed E-state index contributed by atoms with van der Waals surface area (Å²) < 4.78 is 21.4. The van der Waals surface area contributed by atoms with E-state index in [0.29, 0.717) is 6.42 Å². The molecule has 2 fully saturated rings. The number of hydrogen-bond donors (Lipinski definition) is 7. The molecule has 7 N–H and O–H groups in total. The Hall–Kier alpha value is -0.930. The number of hydrogen-bond acceptors (Lipinski definition) is 12. The second-order valence-corrected chi connectivity index (χ2v) is 11.1. The Morgan fingerprint density at radius 3 is 1.77 bits per heavy atom. The normalized spacial score (nSPS) is 34.3. The van der Waals surface area contributed by atoms with Gasteiger partial charge in [0.25, 0.3) is 0 Å². The zero-order chi connectivity index (χ0) is 29.5. The van der Waals surface area contributed by atoms with E-state index in [2.05, 4.69) is 6.92 Å². The highest BCUT2D eigenvalue weighted by Crippen LogP contribution is 2.36. The molecule has 2 aliphatic heterocycles. The molecule has 2 rings (SSSR count). The fourth-order valence-electron chi connectivity index (χ4n) is 5.15. The number of carbonyl (C=O) groups is 1. The number of unbranched alkanes of at least 4 members (excludes halogenated alkanes) is 12. The molecule has 12 nitrogen and oxygen atoms in total. The summed E-state index contributed by atoms with van der Waals surface area (Å²) in [5.74, 6) is -2.76. The Bertz CT molecular complexity index is 696. The SMILES string of the molecule is CCCCCCCCCCCCCCCC(=O)OC[C@H]1O[C@H](O[C@]2(CO)O[C@H](CO)[C@@H](O)[C@@H]2O)[C@H](O)[C@@H](O)[C@@H]1O. The van der Waals surface area contributed by atoms with Crippen molar-refractivity contribution in [1.29, 1.82) is 0 Å². The van der Waals surface area contributed by atoms with Gasteiger partial charge in [0.1, 0.15) is 55.9 Å². The van der Waals surface area contributed by atoms with Gasteiger partial charge in [-0.25, -0.2) is 0 Å². The van der Waals surface area contributed by atoms with Crippen molar-refractivity contribution in [1.82, 2.24) is 0 Å². The van der Waals surface area contributed by atoms with Gasteiger partial charge in [0.05, 0.1) is 6.61 Å². The number of aliphatic hydroxyl groups is 7. The molecule has 2 saturated heterocycles. The smallest absolute Gasteiger partial charge is 0.305 e. The molecule has 2 heterocycles. The number of esters is 1. The standard InChI is InChI=1S/C28H52O12/c1-2-3-4-5-6-7-8-9-10-11-12-13-14-15-21(31)37-17-20-22(32)24(34)25(35)27(38-20)40-28(18-30)26(36)23(33)19(16-29)39-28/h19-20,22-27,29-30,32-36H,2-18H2,1H3/t19-,20-,22-,23-,24+,25-,26+,27-,28+/m1/s1. The summed E-state index contributed by atoms with van der Waals surface area (Å²) in [5, 5.41) is 70.4. The highest BCUT2D eigenvalue weighted by atomic mass is 16.8. The summed E-state index contributed by atoms with van der Waals surface area (Å²) in [4.78, 5) is 12.2. The van der Waals surface area contributed by atoms with Gasteiger partial charge in [-0.1, -0.05) is 84.0 Å². The minimum atomic E-state index is -2.27. The Morgan fingerprint density at radius 1 is 0.725 bits per heavy atom. The third-order valence-corrected chi connectivity index (χ3v) is 7.78. The highest BCUT2D eigenvalue weighted by Gasteiger charge is 2.58. The molecule has 0 aliphatic carbocycles. The second kappa shape index (κ2) is 18.6. The van der Waals surface area contributed by atoms with Crippen molar-refractivity contribution >= 4 is 5.97 Å². The van der Waals surface area contributed by atoms with E-state index in [1.165, 1.54) is 57.8 Å². The fourth-order valence-corrected chi connectivity index (χ4v) is 5.15. The summed E-state index contributed by atoms with van der Waals surface area (Å²) >= 11 is 0. The molecule has 236 valence electrons. The van der Waals surface area contributed by atoms with Crippen LogP contribution in [-0.4, -0.2) is 116 Å². The van der Waals surface area contributed by atoms with E-state index >= 15 is 0 Å². The number of carbonyl (C=O) groups excluding carboxylic acids is 1. The first-order chi connectivity index (χ1) is 19.2. The molecule has 0 unspecified atom stereocenters. The third kappa shape index (κ3) is 10.4. The van der Waals surface area contributed by atoms with Crippen LogP contribution in [0.4, 0.5) is 0 Å². The van der Waals surface area contributed by atoms with E-state index in [9.17, 15) is 40.5 Å². The van der Waals surface area contributed by atoms with E-state index in [-0.39, 0.29) is 6.42 Å². The van der Waals surface area contributed by atoms with Crippen LogP contribution in [0.1, 0.15) is 96.8 Å². The molecular weight excluding hydrogens is 528 g/mol. The van der Waals surface area contributed by atoms with Gasteiger partial charge in [0.15, 0.2) is 6.29 Å². The van der Waals surface area contributed by atoms with E-state index in [1.807, 2.05) is 0 Å². The predicted molar refractivity (Wildman–Crippen MR) is 143 cm³/mol. The molecule has 0 aromatic heterocycles. The molecule has 40 heavy (non-hydrogen) atoms. The van der Waals surface area contributed by atoms with E-state index < -0.39 is 80.6 Å². The first-order valence-electron chi connectivity index (χ1n) is 15.0. The molecule has 0 spiro atoms. The quantitative estimate of drug-likeness (QED) is 0.0785. The lowest BCUT2D eigenvalue weighted by Gasteiger charge is -2.43. The summed E-state index contributed by atoms with van der Waals surface area (Å²) in [6, 6.07) is 0. The first kappa shape index (κ1) is 35.3. The lowest BCUT2D eigenvalue weighted by Crippen LogP contribution is -2.62. The topological polar surface area (TPSA) is 196 Å². The van der Waals surface area contributed by atoms with Crippen molar-refractivity contribution in [3.05, 3.63) is 0 Å². The van der Waals surface area contributed by atoms with E-state index in [0.717, 1.165) is 19.3 Å². The van der Waals surface area contributed by atoms with Crippen LogP contribution in [-0.2, 0) is 23.7 Å². The Balaban J connectivity index is 1.67. The largest absolute Gasteiger partial charge is 0.463 e. The van der Waals surface area contributed by atoms with Crippen molar-refractivity contribution in [3.63, 3.8) is 0 Å². The van der Waals surface area contributed by atoms with Crippen molar-refractivity contribution in [2.45, 2.75) is 152 Å². The summed E-state index contributed by atoms with van der Waals surface area (Å²) in [7, 11) is 0. The zero-order valence-corrected chi connectivity index (χ0v) is 23.8. The summed E-state index contributed by atoms with van der Waals surface area (Å²) in [6.45, 7) is 0.131. The van der Waals surface area contributed by atoms with Crippen molar-refractivity contribution in [3.8, 4) is 0 Å². The second-order valence-electron chi connectivity index (χ2n) is 11.1. The Kier molecular flexibility index (Phi) is 16.4. The van der Waals surface area contributed by atoms with Gasteiger partial charge in [-0.2, -0.15) is 0 Å². The Morgan fingerprint density at radius 2 is 1.27 bits per heavy atom. The summed E-state index contributed by atoms with van der Waals surface area (Å²) in [5.41, 5.74) is 0. The first-order valence-corrected chi connectivity index (χ1v) is 15.0. The van der Waals surface area contributed by atoms with Gasteiger partial charge in [-0.05, 0) is 6.42 Å². The van der Waals surface area contributed by atoms with Crippen LogP contribution in [0.15, 0.2) is 0 Å². The molecule has 2 aliphatic rings. The molecule has 0 aromatic carbocycles. The van der Waals surface area contributed by atoms with Crippen LogP contribution >= 0.6 is 0 Å². The molecule has 0 bridgehead atoms. The van der Waals surface area contributed by atoms with Crippen molar-refractivity contribution < 1.29 is 59.5 Å². The highest BCUT2D eigenvalue weighted by molar-refractivity contribution is 5.69. The maximum Gasteiger partial charge on any atom is 0.305 e. The molecule has 0 radical (unpaired) electrons. The molecular formula is C28H52O12. The van der Waals surface area contributed by atoms with Crippen LogP contribution in [0.25, 0.3) is 0 Å². The van der Waals surface area contributed by atoms with Crippen molar-refractivity contribution in [2.75, 3.05) is 19.8 Å². The minimum Gasteiger partial charge on any atom is -0.463 e. The van der Waals surface area contributed by atoms with Crippen LogP contribution in [0.5, 0.6) is 0 Å². The molecule has 0 saturated carbocycles. The average Bonchev–Trinajstić information content (AvgIpc) is 3.20. The van der Waals surface area contributed by atoms with Gasteiger partial charge in [-0.15, -0.1) is 0 Å². The molecule has 0 amide bonds. The van der Waals surface area contributed by atoms with Gasteiger partial charge in [0.2, 0.25) is 5.79 Å². The zero-order valence-electron chi connectivity index (χ0n) is 23.8. The number of ether oxygens (including phenoxy) is 4. The van der Waals surface area contributed by atoms with Crippen LogP contribution < -0.4 is 0 Å². The minimum absolute atomic E-state index is 0.194. The van der Waals surface area contributed by atoms with E-state index in [4.69, 9.17) is 18.9 Å². The van der Waals surface area contributed by atoms with Crippen LogP contribution in [0.3, 0.4) is 0 Å². The summed E-state index contributed by atoms with van der Waals surface area (Å²) in [6.07, 6.45) is 2.70. The third-order valence-electron chi connectivity index (χ3n) is 7.78. The van der Waals surface area contributed by atoms with Gasteiger partial charge in [0, 0.05) is 6.42 Å². The monoisotopic (exact) mass is 580 g/mol. The maximum absolute atomic E-state index is 12.2. The Labute approximate surface area is 237 Å². The molecule has 12 heteroatoms. The number of rotatable bonds is 20. The van der Waals surface area contributed by atoms with Crippen molar-refractivity contribution in [2.24, 2.45) is 0 Å². The number of aliphatic hydroxyl groups excluding tert-OH is 7. The maximum atomic E-state index is 12.2. The average molecular weight is 581 g/mol. The predicted octanol–water partition coefficient (Wildman–Crippen LogP) is 0.637. The lowest BCUT2D eigenvalue weighted by molar-refractivity contribution is -0.383. The van der Waals surface area contributed by atoms with Crippen LogP contribution in [0, 0.1) is 0 Å². The van der Waals surface area contributed by atoms with Crippen LogP contribution in [0.2, 0.25) is 0 Å².